The highest BCUT2D eigenvalue weighted by molar-refractivity contribution is 5.89. The summed E-state index contributed by atoms with van der Waals surface area (Å²) in [7, 11) is 2.16. The van der Waals surface area contributed by atoms with Gasteiger partial charge in [-0.3, -0.25) is 9.69 Å². The van der Waals surface area contributed by atoms with Crippen molar-refractivity contribution in [3.05, 3.63) is 70.8 Å². The lowest BCUT2D eigenvalue weighted by atomic mass is 9.73. The first-order valence-electron chi connectivity index (χ1n) is 8.14. The van der Waals surface area contributed by atoms with Gasteiger partial charge in [0.15, 0.2) is 0 Å². The highest BCUT2D eigenvalue weighted by atomic mass is 16.1. The fourth-order valence-corrected chi connectivity index (χ4v) is 4.16. The van der Waals surface area contributed by atoms with Crippen molar-refractivity contribution in [3.8, 4) is 0 Å². The first-order valence-corrected chi connectivity index (χ1v) is 8.14. The SMILES string of the molecule is CN1CCc2ccccc2C1C1C(=O)CCc2ccccc21. The molecule has 1 aliphatic heterocycles. The molecule has 2 atom stereocenters. The highest BCUT2D eigenvalue weighted by Gasteiger charge is 2.39. The smallest absolute Gasteiger partial charge is 0.142 e. The summed E-state index contributed by atoms with van der Waals surface area (Å²) in [6, 6.07) is 17.3. The Morgan fingerprint density at radius 2 is 1.50 bits per heavy atom. The van der Waals surface area contributed by atoms with Crippen LogP contribution in [0.3, 0.4) is 0 Å². The molecule has 0 saturated heterocycles. The summed E-state index contributed by atoms with van der Waals surface area (Å²) >= 11 is 0. The van der Waals surface area contributed by atoms with Crippen LogP contribution in [0.1, 0.15) is 40.6 Å². The molecule has 2 aromatic rings. The predicted molar refractivity (Wildman–Crippen MR) is 88.0 cm³/mol. The molecule has 2 unspecified atom stereocenters. The monoisotopic (exact) mass is 291 g/mol. The van der Waals surface area contributed by atoms with Crippen LogP contribution in [0.25, 0.3) is 0 Å². The molecule has 2 nitrogen and oxygen atoms in total. The summed E-state index contributed by atoms with van der Waals surface area (Å²) in [6.07, 6.45) is 2.64. The zero-order valence-corrected chi connectivity index (χ0v) is 13.0. The zero-order valence-electron chi connectivity index (χ0n) is 13.0. The van der Waals surface area contributed by atoms with Gasteiger partial charge in [-0.1, -0.05) is 48.5 Å². The number of carbonyl (C=O) groups is 1. The lowest BCUT2D eigenvalue weighted by Gasteiger charge is -2.41. The van der Waals surface area contributed by atoms with E-state index in [1.165, 1.54) is 22.3 Å². The molecule has 0 spiro atoms. The maximum absolute atomic E-state index is 12.8. The van der Waals surface area contributed by atoms with Crippen LogP contribution in [0, 0.1) is 0 Å². The van der Waals surface area contributed by atoms with Crippen molar-refractivity contribution in [3.63, 3.8) is 0 Å². The summed E-state index contributed by atoms with van der Waals surface area (Å²) in [6.45, 7) is 1.02. The molecule has 2 aliphatic rings. The molecule has 0 amide bonds. The maximum atomic E-state index is 12.8. The predicted octanol–water partition coefficient (Wildman–Crippen LogP) is 3.51. The van der Waals surface area contributed by atoms with E-state index >= 15 is 0 Å². The van der Waals surface area contributed by atoms with Crippen LogP contribution in [-0.2, 0) is 17.6 Å². The molecule has 2 aromatic carbocycles. The number of rotatable bonds is 1. The Kier molecular flexibility index (Phi) is 3.34. The molecule has 2 heteroatoms. The van der Waals surface area contributed by atoms with Crippen molar-refractivity contribution < 1.29 is 4.79 Å². The number of hydrogen-bond acceptors (Lipinski definition) is 2. The van der Waals surface area contributed by atoms with Crippen molar-refractivity contribution in [1.82, 2.24) is 4.90 Å². The third-order valence-electron chi connectivity index (χ3n) is 5.28. The van der Waals surface area contributed by atoms with Gasteiger partial charge >= 0.3 is 0 Å². The molecular weight excluding hydrogens is 270 g/mol. The molecule has 22 heavy (non-hydrogen) atoms. The number of likely N-dealkylation sites (N-methyl/N-ethyl adjacent to an activating group) is 1. The van der Waals surface area contributed by atoms with Crippen LogP contribution in [0.5, 0.6) is 0 Å². The molecule has 112 valence electrons. The van der Waals surface area contributed by atoms with Gasteiger partial charge in [-0.2, -0.15) is 0 Å². The first-order chi connectivity index (χ1) is 10.8. The Morgan fingerprint density at radius 3 is 2.27 bits per heavy atom. The number of ketones is 1. The Balaban J connectivity index is 1.86. The van der Waals surface area contributed by atoms with E-state index in [2.05, 4.69) is 60.5 Å². The minimum atomic E-state index is -0.0172. The summed E-state index contributed by atoms with van der Waals surface area (Å²) in [5.41, 5.74) is 5.34. The molecule has 0 fully saturated rings. The van der Waals surface area contributed by atoms with Gasteiger partial charge in [0.1, 0.15) is 5.78 Å². The molecule has 4 rings (SSSR count). The maximum Gasteiger partial charge on any atom is 0.142 e. The molecule has 1 aliphatic carbocycles. The molecular formula is C20H21NO. The van der Waals surface area contributed by atoms with E-state index in [0.29, 0.717) is 12.2 Å². The van der Waals surface area contributed by atoms with Gasteiger partial charge in [0.05, 0.1) is 5.92 Å². The normalized spacial score (nSPS) is 24.7. The third-order valence-corrected chi connectivity index (χ3v) is 5.28. The average molecular weight is 291 g/mol. The highest BCUT2D eigenvalue weighted by Crippen LogP contribution is 2.43. The minimum Gasteiger partial charge on any atom is -0.299 e. The average Bonchev–Trinajstić information content (AvgIpc) is 2.56. The van der Waals surface area contributed by atoms with Gasteiger partial charge in [-0.15, -0.1) is 0 Å². The van der Waals surface area contributed by atoms with Crippen molar-refractivity contribution >= 4 is 5.78 Å². The third kappa shape index (κ3) is 2.10. The lowest BCUT2D eigenvalue weighted by Crippen LogP contribution is -2.39. The van der Waals surface area contributed by atoms with E-state index in [0.717, 1.165) is 19.4 Å². The molecule has 0 N–H and O–H groups in total. The van der Waals surface area contributed by atoms with Crippen LogP contribution in [0.2, 0.25) is 0 Å². The standard InChI is InChI=1S/C20H21NO/c1-21-13-12-15-7-3-5-9-17(15)20(21)19-16-8-4-2-6-14(16)10-11-18(19)22/h2-9,19-20H,10-13H2,1H3. The summed E-state index contributed by atoms with van der Waals surface area (Å²) < 4.78 is 0. The Hall–Kier alpha value is -1.93. The molecule has 0 saturated carbocycles. The van der Waals surface area contributed by atoms with Gasteiger partial charge in [-0.05, 0) is 42.1 Å². The number of Topliss-reactive ketones (excluding diaryl/α,β-unsaturated/α-hetero) is 1. The quantitative estimate of drug-likeness (QED) is 0.801. The second kappa shape index (κ2) is 5.36. The van der Waals surface area contributed by atoms with Crippen LogP contribution < -0.4 is 0 Å². The van der Waals surface area contributed by atoms with Crippen molar-refractivity contribution in [2.45, 2.75) is 31.2 Å². The van der Waals surface area contributed by atoms with E-state index in [4.69, 9.17) is 0 Å². The second-order valence-corrected chi connectivity index (χ2v) is 6.52. The van der Waals surface area contributed by atoms with Crippen LogP contribution in [-0.4, -0.2) is 24.3 Å². The van der Waals surface area contributed by atoms with Gasteiger partial charge < -0.3 is 0 Å². The van der Waals surface area contributed by atoms with E-state index in [9.17, 15) is 4.79 Å². The van der Waals surface area contributed by atoms with Crippen LogP contribution in [0.4, 0.5) is 0 Å². The van der Waals surface area contributed by atoms with Crippen LogP contribution in [0.15, 0.2) is 48.5 Å². The molecule has 1 heterocycles. The van der Waals surface area contributed by atoms with Crippen molar-refractivity contribution in [2.75, 3.05) is 13.6 Å². The minimum absolute atomic E-state index is 0.0172. The number of aryl methyl sites for hydroxylation is 1. The lowest BCUT2D eigenvalue weighted by molar-refractivity contribution is -0.122. The Morgan fingerprint density at radius 1 is 0.864 bits per heavy atom. The summed E-state index contributed by atoms with van der Waals surface area (Å²) in [4.78, 5) is 15.2. The van der Waals surface area contributed by atoms with E-state index < -0.39 is 0 Å². The summed E-state index contributed by atoms with van der Waals surface area (Å²) in [5, 5.41) is 0. The number of fused-ring (bicyclic) bond motifs is 2. The molecule has 0 radical (unpaired) electrons. The number of nitrogens with zero attached hydrogens (tertiary/aromatic N) is 1. The second-order valence-electron chi connectivity index (χ2n) is 6.52. The number of benzene rings is 2. The Labute approximate surface area is 131 Å². The van der Waals surface area contributed by atoms with Crippen molar-refractivity contribution in [1.29, 1.82) is 0 Å². The van der Waals surface area contributed by atoms with Crippen molar-refractivity contribution in [2.24, 2.45) is 0 Å². The van der Waals surface area contributed by atoms with Gasteiger partial charge in [0.2, 0.25) is 0 Å². The van der Waals surface area contributed by atoms with E-state index in [1.54, 1.807) is 0 Å². The largest absolute Gasteiger partial charge is 0.299 e. The first kappa shape index (κ1) is 13.7. The zero-order chi connectivity index (χ0) is 15.1. The number of carbonyl (C=O) groups excluding carboxylic acids is 1. The topological polar surface area (TPSA) is 20.3 Å². The molecule has 0 bridgehead atoms. The van der Waals surface area contributed by atoms with Gasteiger partial charge in [0, 0.05) is 19.0 Å². The summed E-state index contributed by atoms with van der Waals surface area (Å²) in [5.74, 6) is 0.378. The van der Waals surface area contributed by atoms with Gasteiger partial charge in [-0.25, -0.2) is 0 Å². The van der Waals surface area contributed by atoms with Gasteiger partial charge in [0.25, 0.3) is 0 Å². The van der Waals surface area contributed by atoms with E-state index in [-0.39, 0.29) is 12.0 Å². The van der Waals surface area contributed by atoms with E-state index in [1.807, 2.05) is 0 Å². The number of hydrogen-bond donors (Lipinski definition) is 0. The fourth-order valence-electron chi connectivity index (χ4n) is 4.16. The molecule has 0 aromatic heterocycles. The van der Waals surface area contributed by atoms with Crippen LogP contribution >= 0.6 is 0 Å². The fraction of sp³-hybridized carbons (Fsp3) is 0.350. The Bertz CT molecular complexity index is 721.